The van der Waals surface area contributed by atoms with E-state index in [0.29, 0.717) is 11.3 Å². The van der Waals surface area contributed by atoms with E-state index in [1.165, 1.54) is 16.7 Å². The van der Waals surface area contributed by atoms with Crippen molar-refractivity contribution >= 4 is 18.1 Å². The maximum Gasteiger partial charge on any atom is 0.421 e. The van der Waals surface area contributed by atoms with E-state index < -0.39 is 12.0 Å². The zero-order valence-electron chi connectivity index (χ0n) is 16.8. The lowest BCUT2D eigenvalue weighted by Gasteiger charge is -2.17. The van der Waals surface area contributed by atoms with Crippen LogP contribution >= 0.6 is 0 Å². The summed E-state index contributed by atoms with van der Waals surface area (Å²) < 4.78 is 6.48. The Kier molecular flexibility index (Phi) is 4.99. The minimum atomic E-state index is -0.784. The summed E-state index contributed by atoms with van der Waals surface area (Å²) in [7, 11) is 0. The van der Waals surface area contributed by atoms with Crippen LogP contribution in [0.1, 0.15) is 29.8 Å². The van der Waals surface area contributed by atoms with Crippen molar-refractivity contribution in [1.82, 2.24) is 14.5 Å². The quantitative estimate of drug-likeness (QED) is 0.670. The second-order valence-corrected chi connectivity index (χ2v) is 7.35. The van der Waals surface area contributed by atoms with Crippen LogP contribution in [0.15, 0.2) is 47.2 Å². The first kappa shape index (κ1) is 19.6. The van der Waals surface area contributed by atoms with E-state index >= 15 is 0 Å². The average Bonchev–Trinajstić information content (AvgIpc) is 3.30. The number of fused-ring (bicyclic) bond motifs is 1. The molecule has 0 unspecified atom stereocenters. The van der Waals surface area contributed by atoms with Crippen LogP contribution in [0.2, 0.25) is 0 Å². The number of aromatic amines is 1. The highest BCUT2D eigenvalue weighted by Gasteiger charge is 2.41. The first-order chi connectivity index (χ1) is 14.4. The van der Waals surface area contributed by atoms with Gasteiger partial charge in [0.25, 0.3) is 5.91 Å². The zero-order valence-corrected chi connectivity index (χ0v) is 16.8. The topological polar surface area (TPSA) is 108 Å². The van der Waals surface area contributed by atoms with Gasteiger partial charge in [-0.1, -0.05) is 12.2 Å². The third-order valence-corrected chi connectivity index (χ3v) is 5.23. The molecule has 156 valence electrons. The Morgan fingerprint density at radius 1 is 1.20 bits per heavy atom. The van der Waals surface area contributed by atoms with Crippen LogP contribution in [-0.4, -0.2) is 43.3 Å². The summed E-state index contributed by atoms with van der Waals surface area (Å²) in [4.78, 5) is 30.1. The molecule has 1 fully saturated rings. The second kappa shape index (κ2) is 7.62. The molecule has 2 aliphatic rings. The number of hydrogen-bond acceptors (Lipinski definition) is 5. The minimum Gasteiger partial charge on any atom is -0.494 e. The molecule has 1 saturated heterocycles. The SMILES string of the molecule is Cc1cc(C)c(C=C2C(=O)N(C(=O)OCCn3c(O)ccc3O)C3=CCCC=C23)[nH]1. The van der Waals surface area contributed by atoms with Gasteiger partial charge in [-0.15, -0.1) is 0 Å². The molecule has 2 aromatic rings. The van der Waals surface area contributed by atoms with Gasteiger partial charge in [0.2, 0.25) is 0 Å². The van der Waals surface area contributed by atoms with Gasteiger partial charge in [0, 0.05) is 29.1 Å². The maximum atomic E-state index is 13.1. The predicted octanol–water partition coefficient (Wildman–Crippen LogP) is 3.51. The Bertz CT molecular complexity index is 1100. The van der Waals surface area contributed by atoms with E-state index in [-0.39, 0.29) is 24.9 Å². The van der Waals surface area contributed by atoms with E-state index in [2.05, 4.69) is 4.98 Å². The van der Waals surface area contributed by atoms with Gasteiger partial charge in [0.05, 0.1) is 17.8 Å². The van der Waals surface area contributed by atoms with Gasteiger partial charge >= 0.3 is 6.09 Å². The number of ether oxygens (including phenoxy) is 1. The standard InChI is InChI=1S/C22H23N3O5/c1-13-11-14(2)23-17(13)12-16-15-5-3-4-6-18(15)25(21(16)28)22(29)30-10-9-24-19(26)7-8-20(24)27/h5-8,11-12,23,26-27H,3-4,9-10H2,1-2H3. The van der Waals surface area contributed by atoms with Crippen molar-refractivity contribution in [2.75, 3.05) is 6.61 Å². The molecule has 8 nitrogen and oxygen atoms in total. The molecule has 2 amide bonds. The lowest BCUT2D eigenvalue weighted by Crippen LogP contribution is -2.32. The number of rotatable bonds is 4. The number of carbonyl (C=O) groups is 2. The summed E-state index contributed by atoms with van der Waals surface area (Å²) in [6.07, 6.45) is 6.35. The molecule has 30 heavy (non-hydrogen) atoms. The van der Waals surface area contributed by atoms with Crippen LogP contribution in [0.4, 0.5) is 4.79 Å². The number of aryl methyl sites for hydroxylation is 2. The molecule has 0 saturated carbocycles. The van der Waals surface area contributed by atoms with Crippen LogP contribution < -0.4 is 0 Å². The molecular formula is C22H23N3O5. The summed E-state index contributed by atoms with van der Waals surface area (Å²) in [6, 6.07) is 4.68. The number of nitrogens with zero attached hydrogens (tertiary/aromatic N) is 2. The molecule has 2 aromatic heterocycles. The number of hydrogen-bond donors (Lipinski definition) is 3. The molecule has 0 spiro atoms. The van der Waals surface area contributed by atoms with Crippen molar-refractivity contribution in [3.63, 3.8) is 0 Å². The Morgan fingerprint density at radius 3 is 2.57 bits per heavy atom. The van der Waals surface area contributed by atoms with Gasteiger partial charge in [-0.25, -0.2) is 9.69 Å². The van der Waals surface area contributed by atoms with E-state index in [4.69, 9.17) is 4.74 Å². The van der Waals surface area contributed by atoms with Crippen molar-refractivity contribution in [2.24, 2.45) is 0 Å². The van der Waals surface area contributed by atoms with Gasteiger partial charge in [0.15, 0.2) is 11.8 Å². The molecule has 8 heteroatoms. The molecule has 0 aromatic carbocycles. The average molecular weight is 409 g/mol. The van der Waals surface area contributed by atoms with Crippen molar-refractivity contribution < 1.29 is 24.5 Å². The lowest BCUT2D eigenvalue weighted by molar-refractivity contribution is -0.122. The van der Waals surface area contributed by atoms with Crippen molar-refractivity contribution in [3.8, 4) is 11.8 Å². The first-order valence-electron chi connectivity index (χ1n) is 9.74. The molecule has 3 N–H and O–H groups in total. The van der Waals surface area contributed by atoms with Gasteiger partial charge in [-0.3, -0.25) is 9.36 Å². The summed E-state index contributed by atoms with van der Waals surface area (Å²) in [6.45, 7) is 3.85. The van der Waals surface area contributed by atoms with Crippen LogP contribution in [0.5, 0.6) is 11.8 Å². The van der Waals surface area contributed by atoms with E-state index in [1.54, 1.807) is 6.08 Å². The number of H-pyrrole nitrogens is 1. The fourth-order valence-electron chi connectivity index (χ4n) is 3.80. The first-order valence-corrected chi connectivity index (χ1v) is 9.74. The number of amides is 2. The van der Waals surface area contributed by atoms with E-state index in [0.717, 1.165) is 40.3 Å². The van der Waals surface area contributed by atoms with E-state index in [9.17, 15) is 19.8 Å². The minimum absolute atomic E-state index is 0.0593. The molecule has 4 rings (SSSR count). The highest BCUT2D eigenvalue weighted by atomic mass is 16.6. The van der Waals surface area contributed by atoms with Crippen LogP contribution in [0, 0.1) is 13.8 Å². The number of aromatic nitrogens is 2. The molecule has 3 heterocycles. The smallest absolute Gasteiger partial charge is 0.421 e. The lowest BCUT2D eigenvalue weighted by atomic mass is 9.99. The van der Waals surface area contributed by atoms with Gasteiger partial charge in [-0.2, -0.15) is 0 Å². The molecule has 0 radical (unpaired) electrons. The van der Waals surface area contributed by atoms with E-state index in [1.807, 2.05) is 32.1 Å². The number of likely N-dealkylation sites (tertiary alicyclic amines) is 1. The summed E-state index contributed by atoms with van der Waals surface area (Å²) in [5.74, 6) is -0.705. The number of imide groups is 1. The number of aromatic hydroxyl groups is 2. The maximum absolute atomic E-state index is 13.1. The van der Waals surface area contributed by atoms with Crippen LogP contribution in [0.25, 0.3) is 6.08 Å². The van der Waals surface area contributed by atoms with Gasteiger partial charge < -0.3 is 19.9 Å². The monoisotopic (exact) mass is 409 g/mol. The Balaban J connectivity index is 1.55. The number of carbonyl (C=O) groups excluding carboxylic acids is 2. The molecular weight excluding hydrogens is 386 g/mol. The second-order valence-electron chi connectivity index (χ2n) is 7.35. The molecule has 1 aliphatic heterocycles. The highest BCUT2D eigenvalue weighted by molar-refractivity contribution is 6.15. The zero-order chi connectivity index (χ0) is 21.4. The Labute approximate surface area is 173 Å². The summed E-state index contributed by atoms with van der Waals surface area (Å²) in [5.41, 5.74) is 4.55. The highest BCUT2D eigenvalue weighted by Crippen LogP contribution is 2.38. The largest absolute Gasteiger partial charge is 0.494 e. The molecule has 0 bridgehead atoms. The van der Waals surface area contributed by atoms with Crippen molar-refractivity contribution in [1.29, 1.82) is 0 Å². The van der Waals surface area contributed by atoms with Crippen LogP contribution in [0.3, 0.4) is 0 Å². The normalized spacial score (nSPS) is 17.2. The molecule has 0 atom stereocenters. The fraction of sp³-hybridized carbons (Fsp3) is 0.273. The third kappa shape index (κ3) is 3.41. The van der Waals surface area contributed by atoms with Crippen molar-refractivity contribution in [3.05, 3.63) is 64.1 Å². The van der Waals surface area contributed by atoms with Crippen LogP contribution in [-0.2, 0) is 16.1 Å². The number of allylic oxidation sites excluding steroid dienone is 3. The predicted molar refractivity (Wildman–Crippen MR) is 110 cm³/mol. The van der Waals surface area contributed by atoms with Gasteiger partial charge in [0.1, 0.15) is 6.61 Å². The van der Waals surface area contributed by atoms with Crippen molar-refractivity contribution in [2.45, 2.75) is 33.2 Å². The third-order valence-electron chi connectivity index (χ3n) is 5.23. The summed E-state index contributed by atoms with van der Waals surface area (Å²) in [5, 5.41) is 19.3. The summed E-state index contributed by atoms with van der Waals surface area (Å²) >= 11 is 0. The van der Waals surface area contributed by atoms with Gasteiger partial charge in [-0.05, 0) is 44.4 Å². The Morgan fingerprint density at radius 2 is 1.90 bits per heavy atom. The fourth-order valence-corrected chi connectivity index (χ4v) is 3.80. The molecule has 1 aliphatic carbocycles. The number of nitrogens with one attached hydrogen (secondary N) is 1. The Hall–Kier alpha value is -3.68.